The number of rotatable bonds is 7. The van der Waals surface area contributed by atoms with Crippen LogP contribution in [-0.2, 0) is 33.1 Å². The summed E-state index contributed by atoms with van der Waals surface area (Å²) in [6, 6.07) is 3.61. The van der Waals surface area contributed by atoms with Gasteiger partial charge in [-0.05, 0) is 12.1 Å². The SMILES string of the molecule is CN(C)C(=O)C1c2c(c(COc3cccc(C(=N)N)c3)nn2C)C2CN1C(=O)N2OS(=O)(=O)O. The largest absolute Gasteiger partial charge is 0.487 e. The Balaban J connectivity index is 1.76. The van der Waals surface area contributed by atoms with Crippen molar-refractivity contribution in [2.45, 2.75) is 18.7 Å². The molecule has 2 aromatic rings. The van der Waals surface area contributed by atoms with Gasteiger partial charge in [0.2, 0.25) is 0 Å². The van der Waals surface area contributed by atoms with Crippen LogP contribution in [0.15, 0.2) is 24.3 Å². The summed E-state index contributed by atoms with van der Waals surface area (Å²) in [7, 11) is -0.359. The van der Waals surface area contributed by atoms with E-state index < -0.39 is 34.4 Å². The maximum atomic E-state index is 13.0. The molecule has 15 heteroatoms. The Morgan fingerprint density at radius 1 is 1.38 bits per heavy atom. The van der Waals surface area contributed by atoms with Crippen molar-refractivity contribution < 1.29 is 31.6 Å². The van der Waals surface area contributed by atoms with Crippen molar-refractivity contribution in [1.82, 2.24) is 24.6 Å². The number of hydrogen-bond acceptors (Lipinski definition) is 8. The molecule has 14 nitrogen and oxygen atoms in total. The minimum Gasteiger partial charge on any atom is -0.487 e. The molecule has 0 aliphatic carbocycles. The van der Waals surface area contributed by atoms with Gasteiger partial charge in [0.1, 0.15) is 29.9 Å². The van der Waals surface area contributed by atoms with E-state index in [2.05, 4.69) is 9.38 Å². The number of carbonyl (C=O) groups is 2. The number of nitrogens with zero attached hydrogens (tertiary/aromatic N) is 5. The van der Waals surface area contributed by atoms with E-state index >= 15 is 0 Å². The van der Waals surface area contributed by atoms with Crippen LogP contribution >= 0.6 is 0 Å². The quantitative estimate of drug-likeness (QED) is 0.270. The van der Waals surface area contributed by atoms with Gasteiger partial charge in [-0.25, -0.2) is 4.79 Å². The van der Waals surface area contributed by atoms with Gasteiger partial charge in [0.25, 0.3) is 5.91 Å². The van der Waals surface area contributed by atoms with Crippen LogP contribution in [-0.4, -0.2) is 76.0 Å². The lowest BCUT2D eigenvalue weighted by atomic mass is 9.94. The average Bonchev–Trinajstić information content (AvgIpc) is 3.22. The molecule has 1 aromatic heterocycles. The summed E-state index contributed by atoms with van der Waals surface area (Å²) in [5, 5.41) is 12.5. The Kier molecular flexibility index (Phi) is 5.71. The standard InChI is InChI=1S/C19H23N7O7S/c1-23(2)18(27)16-15-14(13-8-25(16)19(28)26(13)33-34(29,30)31)12(22-24(15)3)9-32-11-6-4-5-10(7-11)17(20)21/h4-7,13,16H,8-9H2,1-3H3,(H3,20,21)(H,29,30,31). The molecule has 3 amide bonds. The third kappa shape index (κ3) is 4.04. The second kappa shape index (κ2) is 8.27. The Morgan fingerprint density at radius 3 is 2.71 bits per heavy atom. The molecule has 0 spiro atoms. The lowest BCUT2D eigenvalue weighted by molar-refractivity contribution is -0.134. The molecule has 4 N–H and O–H groups in total. The Bertz CT molecular complexity index is 1290. The van der Waals surface area contributed by atoms with Gasteiger partial charge < -0.3 is 20.3 Å². The number of nitrogens with two attached hydrogens (primary N) is 1. The Hall–Kier alpha value is -3.69. The van der Waals surface area contributed by atoms with Crippen LogP contribution in [0.5, 0.6) is 5.75 Å². The number of nitrogens with one attached hydrogen (secondary N) is 1. The summed E-state index contributed by atoms with van der Waals surface area (Å²) < 4.78 is 43.9. The number of nitrogen functional groups attached to an aromatic ring is 1. The van der Waals surface area contributed by atoms with Crippen molar-refractivity contribution in [3.8, 4) is 5.75 Å². The smallest absolute Gasteiger partial charge is 0.418 e. The number of aryl methyl sites for hydroxylation is 1. The molecule has 2 bridgehead atoms. The fraction of sp³-hybridized carbons (Fsp3) is 0.368. The van der Waals surface area contributed by atoms with Crippen molar-refractivity contribution in [2.75, 3.05) is 20.6 Å². The van der Waals surface area contributed by atoms with Crippen LogP contribution in [0.2, 0.25) is 0 Å². The van der Waals surface area contributed by atoms with Crippen molar-refractivity contribution in [3.05, 3.63) is 46.8 Å². The first-order valence-electron chi connectivity index (χ1n) is 10.00. The predicted octanol–water partition coefficient (Wildman–Crippen LogP) is -0.0608. The minimum atomic E-state index is -5.02. The molecule has 34 heavy (non-hydrogen) atoms. The van der Waals surface area contributed by atoms with E-state index in [0.717, 1.165) is 0 Å². The highest BCUT2D eigenvalue weighted by Crippen LogP contribution is 2.46. The summed E-state index contributed by atoms with van der Waals surface area (Å²) in [6.07, 6.45) is 0. The summed E-state index contributed by atoms with van der Waals surface area (Å²) in [6.45, 7) is -0.165. The Labute approximate surface area is 194 Å². The number of benzene rings is 1. The summed E-state index contributed by atoms with van der Waals surface area (Å²) in [5.41, 5.74) is 7.08. The maximum Gasteiger partial charge on any atom is 0.418 e. The topological polar surface area (TPSA) is 184 Å². The molecular weight excluding hydrogens is 470 g/mol. The van der Waals surface area contributed by atoms with E-state index in [1.165, 1.54) is 28.6 Å². The van der Waals surface area contributed by atoms with Gasteiger partial charge >= 0.3 is 16.4 Å². The molecule has 2 unspecified atom stereocenters. The zero-order valence-corrected chi connectivity index (χ0v) is 19.3. The summed E-state index contributed by atoms with van der Waals surface area (Å²) in [5.74, 6) is -0.154. The van der Waals surface area contributed by atoms with E-state index in [-0.39, 0.29) is 19.0 Å². The highest BCUT2D eigenvalue weighted by Gasteiger charge is 2.55. The molecular formula is C19H23N7O7S. The minimum absolute atomic E-state index is 0.0654. The van der Waals surface area contributed by atoms with Crippen LogP contribution in [0.3, 0.4) is 0 Å². The van der Waals surface area contributed by atoms with Crippen molar-refractivity contribution >= 4 is 28.2 Å². The number of ether oxygens (including phenoxy) is 1. The van der Waals surface area contributed by atoms with E-state index in [0.29, 0.717) is 33.3 Å². The summed E-state index contributed by atoms with van der Waals surface area (Å²) in [4.78, 5) is 28.5. The first-order valence-corrected chi connectivity index (χ1v) is 11.4. The van der Waals surface area contributed by atoms with Crippen molar-refractivity contribution in [2.24, 2.45) is 12.8 Å². The third-order valence-electron chi connectivity index (χ3n) is 5.57. The average molecular weight is 494 g/mol. The van der Waals surface area contributed by atoms with Gasteiger partial charge in [-0.15, -0.1) is 4.28 Å². The monoisotopic (exact) mass is 493 g/mol. The second-order valence-electron chi connectivity index (χ2n) is 8.01. The molecule has 1 aromatic carbocycles. The van der Waals surface area contributed by atoms with Gasteiger partial charge in [0, 0.05) is 32.3 Å². The van der Waals surface area contributed by atoms with Gasteiger partial charge in [-0.2, -0.15) is 18.6 Å². The first-order chi connectivity index (χ1) is 15.9. The fourth-order valence-electron chi connectivity index (χ4n) is 4.16. The summed E-state index contributed by atoms with van der Waals surface area (Å²) >= 11 is 0. The Morgan fingerprint density at radius 2 is 2.09 bits per heavy atom. The van der Waals surface area contributed by atoms with Crippen LogP contribution in [0.25, 0.3) is 0 Å². The number of likely N-dealkylation sites (N-methyl/N-ethyl adjacent to an activating group) is 1. The van der Waals surface area contributed by atoms with Crippen molar-refractivity contribution in [1.29, 1.82) is 5.41 Å². The molecule has 1 saturated heterocycles. The highest BCUT2D eigenvalue weighted by molar-refractivity contribution is 7.80. The van der Waals surface area contributed by atoms with Gasteiger partial charge in [0.05, 0.1) is 12.2 Å². The van der Waals surface area contributed by atoms with Crippen molar-refractivity contribution in [3.63, 3.8) is 0 Å². The lowest BCUT2D eigenvalue weighted by Crippen LogP contribution is -2.44. The number of aromatic nitrogens is 2. The number of fused-ring (bicyclic) bond motifs is 4. The molecule has 2 aliphatic rings. The fourth-order valence-corrected chi connectivity index (χ4v) is 4.53. The first kappa shape index (κ1) is 23.5. The number of hydrogen-bond donors (Lipinski definition) is 3. The normalized spacial score (nSPS) is 19.2. The molecule has 3 heterocycles. The van der Waals surface area contributed by atoms with Crippen LogP contribution < -0.4 is 10.5 Å². The van der Waals surface area contributed by atoms with Gasteiger partial charge in [-0.1, -0.05) is 12.1 Å². The second-order valence-corrected chi connectivity index (χ2v) is 9.02. The van der Waals surface area contributed by atoms with Crippen LogP contribution in [0, 0.1) is 5.41 Å². The zero-order chi connectivity index (χ0) is 24.9. The maximum absolute atomic E-state index is 13.0. The van der Waals surface area contributed by atoms with Crippen LogP contribution in [0.1, 0.15) is 34.6 Å². The van der Waals surface area contributed by atoms with E-state index in [9.17, 15) is 22.6 Å². The lowest BCUT2D eigenvalue weighted by Gasteiger charge is -2.32. The molecule has 182 valence electrons. The number of carbonyl (C=O) groups excluding carboxylic acids is 2. The number of amides is 3. The zero-order valence-electron chi connectivity index (χ0n) is 18.5. The van der Waals surface area contributed by atoms with Crippen LogP contribution in [0.4, 0.5) is 4.79 Å². The number of urea groups is 1. The van der Waals surface area contributed by atoms with Gasteiger partial charge in [-0.3, -0.25) is 19.4 Å². The molecule has 0 radical (unpaired) electrons. The molecule has 4 rings (SSSR count). The molecule has 2 atom stereocenters. The highest BCUT2D eigenvalue weighted by atomic mass is 32.3. The molecule has 1 fully saturated rings. The molecule has 0 saturated carbocycles. The molecule has 2 aliphatic heterocycles. The number of hydroxylamine groups is 2. The number of amidine groups is 1. The van der Waals surface area contributed by atoms with Gasteiger partial charge in [0.15, 0.2) is 6.04 Å². The van der Waals surface area contributed by atoms with E-state index in [4.69, 9.17) is 15.9 Å². The van der Waals surface area contributed by atoms with E-state index in [1.54, 1.807) is 31.3 Å². The van der Waals surface area contributed by atoms with E-state index in [1.807, 2.05) is 0 Å². The predicted molar refractivity (Wildman–Crippen MR) is 116 cm³/mol. The third-order valence-corrected chi connectivity index (χ3v) is 5.92.